The van der Waals surface area contributed by atoms with Crippen LogP contribution >= 0.6 is 0 Å². The quantitative estimate of drug-likeness (QED) is 0.552. The van der Waals surface area contributed by atoms with E-state index in [9.17, 15) is 4.79 Å². The second kappa shape index (κ2) is 5.03. The Bertz CT molecular complexity index is 391. The summed E-state index contributed by atoms with van der Waals surface area (Å²) in [5, 5.41) is 0. The summed E-state index contributed by atoms with van der Waals surface area (Å²) in [5.41, 5.74) is -0.0812. The zero-order valence-electron chi connectivity index (χ0n) is 13.5. The topological polar surface area (TPSA) is 26.3 Å². The minimum atomic E-state index is -0.0812. The van der Waals surface area contributed by atoms with Gasteiger partial charge in [-0.15, -0.1) is 0 Å². The molecule has 4 aliphatic rings. The van der Waals surface area contributed by atoms with E-state index >= 15 is 0 Å². The largest absolute Gasteiger partial charge is 0.459 e. The summed E-state index contributed by atoms with van der Waals surface area (Å²) in [6.07, 6.45) is 7.97. The molecule has 0 aromatic carbocycles. The molecule has 0 aromatic rings. The van der Waals surface area contributed by atoms with Gasteiger partial charge in [0.15, 0.2) is 0 Å². The van der Waals surface area contributed by atoms with Crippen LogP contribution < -0.4 is 0 Å². The van der Waals surface area contributed by atoms with Gasteiger partial charge in [0.2, 0.25) is 0 Å². The zero-order chi connectivity index (χ0) is 14.5. The monoisotopic (exact) mass is 278 g/mol. The molecule has 0 radical (unpaired) electrons. The molecule has 114 valence electrons. The van der Waals surface area contributed by atoms with E-state index in [2.05, 4.69) is 6.92 Å². The van der Waals surface area contributed by atoms with Crippen LogP contribution in [0.2, 0.25) is 0 Å². The van der Waals surface area contributed by atoms with Crippen LogP contribution in [0.5, 0.6) is 0 Å². The van der Waals surface area contributed by atoms with E-state index in [-0.39, 0.29) is 11.6 Å². The first-order valence-electron chi connectivity index (χ1n) is 8.84. The van der Waals surface area contributed by atoms with E-state index in [1.165, 1.54) is 25.7 Å². The first kappa shape index (κ1) is 14.4. The maximum atomic E-state index is 11.5. The molecule has 4 aliphatic carbocycles. The van der Waals surface area contributed by atoms with Gasteiger partial charge in [0.05, 0.1) is 0 Å². The predicted octanol–water partition coefficient (Wildman–Crippen LogP) is 4.43. The Hall–Kier alpha value is -0.530. The molecule has 2 nitrogen and oxygen atoms in total. The van der Waals surface area contributed by atoms with Crippen LogP contribution in [0.3, 0.4) is 0 Å². The summed E-state index contributed by atoms with van der Waals surface area (Å²) < 4.78 is 5.86. The summed E-state index contributed by atoms with van der Waals surface area (Å²) in [5.74, 6) is 5.40. The highest BCUT2D eigenvalue weighted by atomic mass is 16.6. The van der Waals surface area contributed by atoms with Gasteiger partial charge in [0, 0.05) is 12.8 Å². The van der Waals surface area contributed by atoms with Gasteiger partial charge in [-0.3, -0.25) is 4.79 Å². The Morgan fingerprint density at radius 3 is 2.35 bits per heavy atom. The number of esters is 1. The van der Waals surface area contributed by atoms with Crippen LogP contribution in [0.4, 0.5) is 0 Å². The molecule has 4 rings (SSSR count). The molecule has 4 bridgehead atoms. The number of rotatable bonds is 2. The van der Waals surface area contributed by atoms with E-state index in [0.29, 0.717) is 5.92 Å². The van der Waals surface area contributed by atoms with Gasteiger partial charge in [-0.25, -0.2) is 0 Å². The van der Waals surface area contributed by atoms with Crippen molar-refractivity contribution in [1.29, 1.82) is 0 Å². The smallest absolute Gasteiger partial charge is 0.303 e. The van der Waals surface area contributed by atoms with Crippen LogP contribution in [0.15, 0.2) is 0 Å². The highest BCUT2D eigenvalue weighted by Gasteiger charge is 2.67. The van der Waals surface area contributed by atoms with Crippen molar-refractivity contribution in [2.75, 3.05) is 0 Å². The second-order valence-corrected chi connectivity index (χ2v) is 7.31. The van der Waals surface area contributed by atoms with Crippen molar-refractivity contribution >= 4 is 5.97 Å². The van der Waals surface area contributed by atoms with Crippen LogP contribution in [0.1, 0.15) is 66.2 Å². The van der Waals surface area contributed by atoms with Crippen molar-refractivity contribution in [3.8, 4) is 0 Å². The first-order valence-corrected chi connectivity index (χ1v) is 8.84. The Morgan fingerprint density at radius 2 is 1.75 bits per heavy atom. The summed E-state index contributed by atoms with van der Waals surface area (Å²) in [7, 11) is 0. The van der Waals surface area contributed by atoms with E-state index in [1.54, 1.807) is 6.92 Å². The lowest BCUT2D eigenvalue weighted by molar-refractivity contribution is -0.169. The fourth-order valence-corrected chi connectivity index (χ4v) is 6.58. The number of carbonyl (C=O) groups is 1. The average Bonchev–Trinajstić information content (AvgIpc) is 3.17. The molecule has 0 aromatic heterocycles. The van der Waals surface area contributed by atoms with Crippen LogP contribution in [-0.4, -0.2) is 11.6 Å². The third-order valence-electron chi connectivity index (χ3n) is 6.84. The van der Waals surface area contributed by atoms with Gasteiger partial charge in [0.25, 0.3) is 0 Å². The molecule has 20 heavy (non-hydrogen) atoms. The highest BCUT2D eigenvalue weighted by Crippen LogP contribution is 2.70. The van der Waals surface area contributed by atoms with E-state index in [1.807, 2.05) is 13.8 Å². The molecular weight excluding hydrogens is 248 g/mol. The fourth-order valence-electron chi connectivity index (χ4n) is 6.58. The number of hydrogen-bond donors (Lipinski definition) is 0. The average molecular weight is 278 g/mol. The molecule has 2 heteroatoms. The SMILES string of the molecule is CC.CCC1(OC(C)=O)CC2CC1C1C3CCC(C3)C21. The Balaban J connectivity index is 0.000000581. The maximum Gasteiger partial charge on any atom is 0.303 e. The van der Waals surface area contributed by atoms with Gasteiger partial charge >= 0.3 is 5.97 Å². The lowest BCUT2D eigenvalue weighted by Gasteiger charge is -2.45. The second-order valence-electron chi connectivity index (χ2n) is 7.31. The Labute approximate surface area is 123 Å². The van der Waals surface area contributed by atoms with Gasteiger partial charge in [0.1, 0.15) is 5.60 Å². The molecule has 0 N–H and O–H groups in total. The third-order valence-corrected chi connectivity index (χ3v) is 6.84. The molecule has 4 saturated carbocycles. The molecular formula is C18H30O2. The summed E-state index contributed by atoms with van der Waals surface area (Å²) in [6, 6.07) is 0. The maximum absolute atomic E-state index is 11.5. The van der Waals surface area contributed by atoms with Gasteiger partial charge < -0.3 is 4.74 Å². The molecule has 0 spiro atoms. The molecule has 7 unspecified atom stereocenters. The molecule has 0 amide bonds. The molecule has 0 heterocycles. The van der Waals surface area contributed by atoms with Crippen LogP contribution in [0, 0.1) is 35.5 Å². The third kappa shape index (κ3) is 1.79. The van der Waals surface area contributed by atoms with Crippen molar-refractivity contribution < 1.29 is 9.53 Å². The van der Waals surface area contributed by atoms with Crippen LogP contribution in [0.25, 0.3) is 0 Å². The van der Waals surface area contributed by atoms with Gasteiger partial charge in [-0.05, 0) is 68.1 Å². The van der Waals surface area contributed by atoms with Gasteiger partial charge in [-0.1, -0.05) is 20.8 Å². The summed E-state index contributed by atoms with van der Waals surface area (Å²) in [4.78, 5) is 11.5. The summed E-state index contributed by atoms with van der Waals surface area (Å²) >= 11 is 0. The van der Waals surface area contributed by atoms with Crippen molar-refractivity contribution in [2.24, 2.45) is 35.5 Å². The Kier molecular flexibility index (Phi) is 3.63. The summed E-state index contributed by atoms with van der Waals surface area (Å²) in [6.45, 7) is 7.80. The van der Waals surface area contributed by atoms with E-state index in [4.69, 9.17) is 4.74 Å². The molecule has 0 aliphatic heterocycles. The minimum absolute atomic E-state index is 0.0656. The standard InChI is InChI=1S/C16H24O2.C2H6/c1-3-16(18-9(2)17)8-12-7-13(16)15-11-5-4-10(6-11)14(12)15;1-2/h10-15H,3-8H2,1-2H3;1-2H3. The molecule has 7 atom stereocenters. The van der Waals surface area contributed by atoms with Crippen molar-refractivity contribution in [1.82, 2.24) is 0 Å². The molecule has 4 fully saturated rings. The first-order chi connectivity index (χ1) is 9.64. The highest BCUT2D eigenvalue weighted by molar-refractivity contribution is 5.66. The van der Waals surface area contributed by atoms with E-state index < -0.39 is 0 Å². The number of ether oxygens (including phenoxy) is 1. The van der Waals surface area contributed by atoms with Crippen molar-refractivity contribution in [2.45, 2.75) is 71.8 Å². The number of hydrogen-bond acceptors (Lipinski definition) is 2. The Morgan fingerprint density at radius 1 is 1.10 bits per heavy atom. The molecule has 0 saturated heterocycles. The number of carbonyl (C=O) groups excluding carboxylic acids is 1. The lowest BCUT2D eigenvalue weighted by Crippen LogP contribution is -2.47. The van der Waals surface area contributed by atoms with Crippen LogP contribution in [-0.2, 0) is 9.53 Å². The minimum Gasteiger partial charge on any atom is -0.459 e. The predicted molar refractivity (Wildman–Crippen MR) is 80.2 cm³/mol. The van der Waals surface area contributed by atoms with Gasteiger partial charge in [-0.2, -0.15) is 0 Å². The zero-order valence-corrected chi connectivity index (χ0v) is 13.5. The lowest BCUT2D eigenvalue weighted by atomic mass is 9.65. The normalized spacial score (nSPS) is 50.6. The fraction of sp³-hybridized carbons (Fsp3) is 0.944. The van der Waals surface area contributed by atoms with Crippen molar-refractivity contribution in [3.63, 3.8) is 0 Å². The van der Waals surface area contributed by atoms with Crippen molar-refractivity contribution in [3.05, 3.63) is 0 Å². The van der Waals surface area contributed by atoms with E-state index in [0.717, 1.165) is 42.4 Å². The number of fused-ring (bicyclic) bond motifs is 9.